The van der Waals surface area contributed by atoms with E-state index in [0.29, 0.717) is 18.7 Å². The van der Waals surface area contributed by atoms with E-state index in [1.807, 2.05) is 36.4 Å². The Hall–Kier alpha value is -2.89. The van der Waals surface area contributed by atoms with Crippen molar-refractivity contribution in [1.82, 2.24) is 20.1 Å². The number of aromatic nitrogens is 3. The molecule has 0 saturated carbocycles. The molecule has 0 saturated heterocycles. The third kappa shape index (κ3) is 3.40. The van der Waals surface area contributed by atoms with Crippen molar-refractivity contribution in [3.8, 4) is 11.1 Å². The number of nitrogens with zero attached hydrogens (tertiary/aromatic N) is 3. The van der Waals surface area contributed by atoms with Crippen LogP contribution in [0.4, 0.5) is 0 Å². The molecule has 3 aromatic rings. The molecule has 134 valence electrons. The third-order valence-corrected chi connectivity index (χ3v) is 4.78. The number of hydrogen-bond acceptors (Lipinski definition) is 4. The summed E-state index contributed by atoms with van der Waals surface area (Å²) in [5.41, 5.74) is 1.77. The fourth-order valence-corrected chi connectivity index (χ4v) is 3.43. The van der Waals surface area contributed by atoms with Crippen LogP contribution in [0.2, 0.25) is 0 Å². The van der Waals surface area contributed by atoms with Crippen molar-refractivity contribution in [2.75, 3.05) is 6.54 Å². The van der Waals surface area contributed by atoms with Gasteiger partial charge in [0.25, 0.3) is 5.91 Å². The van der Waals surface area contributed by atoms with Crippen molar-refractivity contribution < 1.29 is 9.21 Å². The number of amides is 1. The van der Waals surface area contributed by atoms with Crippen LogP contribution in [-0.2, 0) is 19.4 Å². The predicted octanol–water partition coefficient (Wildman–Crippen LogP) is 3.24. The van der Waals surface area contributed by atoms with Gasteiger partial charge in [0.2, 0.25) is 0 Å². The molecule has 0 fully saturated rings. The highest BCUT2D eigenvalue weighted by atomic mass is 16.3. The fourth-order valence-electron chi connectivity index (χ4n) is 3.43. The lowest BCUT2D eigenvalue weighted by Gasteiger charge is -2.08. The van der Waals surface area contributed by atoms with Crippen molar-refractivity contribution in [3.05, 3.63) is 60.1 Å². The number of fused-ring (bicyclic) bond motifs is 1. The van der Waals surface area contributed by atoms with Crippen LogP contribution in [0.5, 0.6) is 0 Å². The quantitative estimate of drug-likeness (QED) is 0.767. The van der Waals surface area contributed by atoms with Crippen LogP contribution < -0.4 is 5.32 Å². The van der Waals surface area contributed by atoms with Gasteiger partial charge < -0.3 is 14.3 Å². The van der Waals surface area contributed by atoms with E-state index in [1.54, 1.807) is 6.26 Å². The van der Waals surface area contributed by atoms with Gasteiger partial charge >= 0.3 is 0 Å². The van der Waals surface area contributed by atoms with Gasteiger partial charge in [-0.2, -0.15) is 0 Å². The van der Waals surface area contributed by atoms with Crippen molar-refractivity contribution in [2.45, 2.75) is 38.6 Å². The number of hydrogen-bond donors (Lipinski definition) is 1. The lowest BCUT2D eigenvalue weighted by Crippen LogP contribution is -2.26. The summed E-state index contributed by atoms with van der Waals surface area (Å²) in [6.45, 7) is 1.48. The summed E-state index contributed by atoms with van der Waals surface area (Å²) in [5, 5.41) is 11.5. The molecular formula is C20H22N4O2. The van der Waals surface area contributed by atoms with Crippen molar-refractivity contribution in [3.63, 3.8) is 0 Å². The molecule has 0 bridgehead atoms. The van der Waals surface area contributed by atoms with E-state index in [9.17, 15) is 4.79 Å². The van der Waals surface area contributed by atoms with Gasteiger partial charge in [0.05, 0.1) is 6.26 Å². The van der Waals surface area contributed by atoms with Gasteiger partial charge in [-0.25, -0.2) is 0 Å². The van der Waals surface area contributed by atoms with Gasteiger partial charge in [0, 0.05) is 31.5 Å². The van der Waals surface area contributed by atoms with E-state index in [0.717, 1.165) is 42.2 Å². The molecule has 26 heavy (non-hydrogen) atoms. The zero-order valence-corrected chi connectivity index (χ0v) is 14.6. The maximum atomic E-state index is 12.5. The molecular weight excluding hydrogens is 328 g/mol. The van der Waals surface area contributed by atoms with E-state index >= 15 is 0 Å². The third-order valence-electron chi connectivity index (χ3n) is 4.78. The van der Waals surface area contributed by atoms with E-state index < -0.39 is 0 Å². The van der Waals surface area contributed by atoms with E-state index in [2.05, 4.69) is 20.1 Å². The number of rotatable bonds is 5. The van der Waals surface area contributed by atoms with Crippen LogP contribution in [-0.4, -0.2) is 27.2 Å². The Morgan fingerprint density at radius 1 is 1.12 bits per heavy atom. The molecule has 0 unspecified atom stereocenters. The fraction of sp³-hybridized carbons (Fsp3) is 0.350. The van der Waals surface area contributed by atoms with Crippen molar-refractivity contribution in [1.29, 1.82) is 0 Å². The minimum absolute atomic E-state index is 0.204. The Morgan fingerprint density at radius 3 is 2.88 bits per heavy atom. The topological polar surface area (TPSA) is 73.0 Å². The first-order valence-electron chi connectivity index (χ1n) is 9.15. The largest absolute Gasteiger partial charge is 0.459 e. The molecule has 1 amide bonds. The normalized spacial score (nSPS) is 13.8. The first-order chi connectivity index (χ1) is 12.8. The number of carbonyl (C=O) groups is 1. The number of carbonyl (C=O) groups excluding carboxylic acids is 1. The molecule has 3 heterocycles. The van der Waals surface area contributed by atoms with E-state index in [1.165, 1.54) is 12.8 Å². The monoisotopic (exact) mass is 350 g/mol. The summed E-state index contributed by atoms with van der Waals surface area (Å²) in [5.74, 6) is 2.16. The van der Waals surface area contributed by atoms with E-state index in [-0.39, 0.29) is 5.91 Å². The summed E-state index contributed by atoms with van der Waals surface area (Å²) in [4.78, 5) is 12.5. The maximum Gasteiger partial charge on any atom is 0.287 e. The highest BCUT2D eigenvalue weighted by Crippen LogP contribution is 2.24. The lowest BCUT2D eigenvalue weighted by atomic mass is 10.1. The van der Waals surface area contributed by atoms with Crippen molar-refractivity contribution in [2.24, 2.45) is 0 Å². The van der Waals surface area contributed by atoms with Crippen LogP contribution in [0.1, 0.15) is 41.5 Å². The molecule has 0 spiro atoms. The van der Waals surface area contributed by atoms with Gasteiger partial charge in [-0.05, 0) is 24.5 Å². The Labute approximate surface area is 152 Å². The first kappa shape index (κ1) is 16.6. The molecule has 6 heteroatoms. The Kier molecular flexibility index (Phi) is 4.82. The molecule has 1 aliphatic heterocycles. The summed E-state index contributed by atoms with van der Waals surface area (Å²) >= 11 is 0. The van der Waals surface area contributed by atoms with Crippen LogP contribution in [0.25, 0.3) is 11.1 Å². The minimum Gasteiger partial charge on any atom is -0.459 e. The standard InChI is InChI=1S/C20H22N4O2/c25-20(19-16(11-14-26-19)15-7-3-1-4-8-15)21-12-10-18-23-22-17-9-5-2-6-13-24(17)18/h1,3-4,7-8,11,14H,2,5-6,9-10,12-13H2,(H,21,25). The highest BCUT2D eigenvalue weighted by Gasteiger charge is 2.18. The van der Waals surface area contributed by atoms with Gasteiger partial charge in [-0.15, -0.1) is 10.2 Å². The summed E-state index contributed by atoms with van der Waals surface area (Å²) in [6, 6.07) is 11.6. The predicted molar refractivity (Wildman–Crippen MR) is 97.8 cm³/mol. The van der Waals surface area contributed by atoms with Crippen LogP contribution in [0.3, 0.4) is 0 Å². The average Bonchev–Trinajstić information content (AvgIpc) is 3.24. The molecule has 1 N–H and O–H groups in total. The second-order valence-electron chi connectivity index (χ2n) is 6.53. The maximum absolute atomic E-state index is 12.5. The van der Waals surface area contributed by atoms with Gasteiger partial charge in [0.1, 0.15) is 11.6 Å². The number of benzene rings is 1. The second-order valence-corrected chi connectivity index (χ2v) is 6.53. The van der Waals surface area contributed by atoms with Crippen LogP contribution in [0, 0.1) is 0 Å². The number of aryl methyl sites for hydroxylation is 1. The van der Waals surface area contributed by atoms with Gasteiger partial charge in [-0.3, -0.25) is 4.79 Å². The Bertz CT molecular complexity index is 882. The Balaban J connectivity index is 1.40. The van der Waals surface area contributed by atoms with E-state index in [4.69, 9.17) is 4.42 Å². The lowest BCUT2D eigenvalue weighted by molar-refractivity contribution is 0.0927. The average molecular weight is 350 g/mol. The molecule has 2 aromatic heterocycles. The second kappa shape index (κ2) is 7.56. The summed E-state index contributed by atoms with van der Waals surface area (Å²) in [7, 11) is 0. The molecule has 0 aliphatic carbocycles. The molecule has 0 atom stereocenters. The zero-order chi connectivity index (χ0) is 17.8. The Morgan fingerprint density at radius 2 is 2.00 bits per heavy atom. The van der Waals surface area contributed by atoms with Gasteiger partial charge in [-0.1, -0.05) is 36.8 Å². The molecule has 4 rings (SSSR count). The minimum atomic E-state index is -0.204. The molecule has 0 radical (unpaired) electrons. The molecule has 6 nitrogen and oxygen atoms in total. The van der Waals surface area contributed by atoms with Gasteiger partial charge in [0.15, 0.2) is 5.76 Å². The smallest absolute Gasteiger partial charge is 0.287 e. The summed E-state index contributed by atoms with van der Waals surface area (Å²) < 4.78 is 7.64. The first-order valence-corrected chi connectivity index (χ1v) is 9.15. The highest BCUT2D eigenvalue weighted by molar-refractivity contribution is 5.98. The number of nitrogens with one attached hydrogen (secondary N) is 1. The molecule has 1 aromatic carbocycles. The van der Waals surface area contributed by atoms with Crippen molar-refractivity contribution >= 4 is 5.91 Å². The molecule has 1 aliphatic rings. The van der Waals surface area contributed by atoms with Crippen LogP contribution in [0.15, 0.2) is 47.1 Å². The SMILES string of the molecule is O=C(NCCc1nnc2n1CCCCC2)c1occc1-c1ccccc1. The number of furan rings is 1. The van der Waals surface area contributed by atoms with Crippen LogP contribution >= 0.6 is 0 Å². The summed E-state index contributed by atoms with van der Waals surface area (Å²) in [6.07, 6.45) is 6.79. The zero-order valence-electron chi connectivity index (χ0n) is 14.6.